The van der Waals surface area contributed by atoms with E-state index in [-0.39, 0.29) is 17.5 Å². The Balaban J connectivity index is 2.16. The lowest BCUT2D eigenvalue weighted by atomic mass is 10.2. The number of hydrogen-bond acceptors (Lipinski definition) is 3. The first-order valence-electron chi connectivity index (χ1n) is 8.74. The molecule has 0 saturated heterocycles. The van der Waals surface area contributed by atoms with Gasteiger partial charge < -0.3 is 15.5 Å². The number of anilines is 2. The average Bonchev–Trinajstić information content (AvgIpc) is 2.64. The number of benzene rings is 2. The number of carbonyl (C=O) groups is 2. The number of amides is 2. The second kappa shape index (κ2) is 9.42. The van der Waals surface area contributed by atoms with Gasteiger partial charge in [-0.2, -0.15) is 0 Å². The van der Waals surface area contributed by atoms with Gasteiger partial charge in [-0.1, -0.05) is 30.3 Å². The molecule has 0 heterocycles. The maximum Gasteiger partial charge on any atom is 0.272 e. The second-order valence-electron chi connectivity index (χ2n) is 5.82. The number of rotatable bonds is 7. The van der Waals surface area contributed by atoms with Crippen molar-refractivity contribution >= 4 is 29.3 Å². The third-order valence-corrected chi connectivity index (χ3v) is 3.92. The molecule has 2 aromatic carbocycles. The van der Waals surface area contributed by atoms with Crippen LogP contribution in [-0.4, -0.2) is 24.9 Å². The minimum atomic E-state index is -0.361. The van der Waals surface area contributed by atoms with Gasteiger partial charge in [0, 0.05) is 31.4 Å². The molecular weight excluding hydrogens is 326 g/mol. The van der Waals surface area contributed by atoms with Crippen LogP contribution in [0.5, 0.6) is 0 Å². The molecule has 2 aromatic rings. The van der Waals surface area contributed by atoms with Gasteiger partial charge in [0.25, 0.3) is 5.91 Å². The van der Waals surface area contributed by atoms with E-state index in [9.17, 15) is 9.59 Å². The Morgan fingerprint density at radius 2 is 1.58 bits per heavy atom. The zero-order valence-electron chi connectivity index (χ0n) is 15.5. The van der Waals surface area contributed by atoms with E-state index in [0.717, 1.165) is 24.3 Å². The minimum absolute atomic E-state index is 0.205. The fourth-order valence-electron chi connectivity index (χ4n) is 2.61. The Morgan fingerprint density at radius 3 is 2.12 bits per heavy atom. The summed E-state index contributed by atoms with van der Waals surface area (Å²) in [6, 6.07) is 17.1. The van der Waals surface area contributed by atoms with Crippen LogP contribution in [-0.2, 0) is 9.59 Å². The van der Waals surface area contributed by atoms with Crippen LogP contribution < -0.4 is 15.5 Å². The van der Waals surface area contributed by atoms with E-state index in [2.05, 4.69) is 29.4 Å². The van der Waals surface area contributed by atoms with Gasteiger partial charge in [0.15, 0.2) is 0 Å². The molecule has 26 heavy (non-hydrogen) atoms. The van der Waals surface area contributed by atoms with Crippen LogP contribution in [0.15, 0.2) is 60.3 Å². The summed E-state index contributed by atoms with van der Waals surface area (Å²) in [5.41, 5.74) is 2.82. The van der Waals surface area contributed by atoms with Crippen LogP contribution in [0.4, 0.5) is 11.4 Å². The maximum absolute atomic E-state index is 12.6. The molecule has 0 bridgehead atoms. The van der Waals surface area contributed by atoms with E-state index in [1.54, 1.807) is 6.08 Å². The van der Waals surface area contributed by atoms with E-state index in [0.29, 0.717) is 5.69 Å². The first-order chi connectivity index (χ1) is 12.5. The van der Waals surface area contributed by atoms with Gasteiger partial charge in [0.2, 0.25) is 5.91 Å². The summed E-state index contributed by atoms with van der Waals surface area (Å²) in [4.78, 5) is 26.3. The number of carbonyl (C=O) groups excluding carboxylic acids is 2. The lowest BCUT2D eigenvalue weighted by Crippen LogP contribution is -2.29. The lowest BCUT2D eigenvalue weighted by molar-refractivity contribution is -0.120. The van der Waals surface area contributed by atoms with Gasteiger partial charge in [-0.15, -0.1) is 0 Å². The smallest absolute Gasteiger partial charge is 0.272 e. The van der Waals surface area contributed by atoms with Crippen molar-refractivity contribution < 1.29 is 9.59 Å². The van der Waals surface area contributed by atoms with Gasteiger partial charge in [0.05, 0.1) is 0 Å². The Hall–Kier alpha value is -3.08. The molecule has 0 spiro atoms. The monoisotopic (exact) mass is 351 g/mol. The Morgan fingerprint density at radius 1 is 0.962 bits per heavy atom. The topological polar surface area (TPSA) is 61.4 Å². The standard InChI is InChI=1S/C21H25N3O2/c1-4-24(5-2)19-13-11-18(12-14-19)23-21(26)20(22-16(3)25)15-17-9-7-6-8-10-17/h6-15H,4-5H2,1-3H3,(H,22,25)(H,23,26)/b20-15-. The maximum atomic E-state index is 12.6. The first kappa shape index (κ1) is 19.2. The molecule has 5 nitrogen and oxygen atoms in total. The second-order valence-corrected chi connectivity index (χ2v) is 5.82. The highest BCUT2D eigenvalue weighted by Gasteiger charge is 2.12. The molecule has 2 rings (SSSR count). The summed E-state index contributed by atoms with van der Waals surface area (Å²) >= 11 is 0. The molecule has 2 N–H and O–H groups in total. The number of nitrogens with zero attached hydrogens (tertiary/aromatic N) is 1. The Labute approximate surface area is 154 Å². The zero-order valence-corrected chi connectivity index (χ0v) is 15.5. The molecule has 0 radical (unpaired) electrons. The molecule has 0 fully saturated rings. The highest BCUT2D eigenvalue weighted by Crippen LogP contribution is 2.18. The van der Waals surface area contributed by atoms with Crippen molar-refractivity contribution in [2.24, 2.45) is 0 Å². The van der Waals surface area contributed by atoms with Gasteiger partial charge in [-0.25, -0.2) is 0 Å². The van der Waals surface area contributed by atoms with Crippen molar-refractivity contribution in [3.05, 3.63) is 65.9 Å². The summed E-state index contributed by atoms with van der Waals surface area (Å²) in [6.45, 7) is 7.44. The summed E-state index contributed by atoms with van der Waals surface area (Å²) in [5, 5.41) is 5.43. The van der Waals surface area contributed by atoms with Crippen LogP contribution in [0.1, 0.15) is 26.3 Å². The van der Waals surface area contributed by atoms with Gasteiger partial charge in [0.1, 0.15) is 5.70 Å². The van der Waals surface area contributed by atoms with E-state index >= 15 is 0 Å². The van der Waals surface area contributed by atoms with Crippen LogP contribution in [0.3, 0.4) is 0 Å². The largest absolute Gasteiger partial charge is 0.372 e. The summed E-state index contributed by atoms with van der Waals surface area (Å²) in [5.74, 6) is -0.654. The van der Waals surface area contributed by atoms with E-state index < -0.39 is 0 Å². The molecule has 0 atom stereocenters. The molecule has 2 amide bonds. The van der Waals surface area contributed by atoms with Crippen LogP contribution >= 0.6 is 0 Å². The fourth-order valence-corrected chi connectivity index (χ4v) is 2.61. The molecule has 0 saturated carbocycles. The summed E-state index contributed by atoms with van der Waals surface area (Å²) in [6.07, 6.45) is 1.65. The molecule has 0 aliphatic carbocycles. The van der Waals surface area contributed by atoms with Crippen LogP contribution in [0.25, 0.3) is 6.08 Å². The highest BCUT2D eigenvalue weighted by atomic mass is 16.2. The third-order valence-electron chi connectivity index (χ3n) is 3.92. The lowest BCUT2D eigenvalue weighted by Gasteiger charge is -2.21. The molecule has 0 unspecified atom stereocenters. The summed E-state index contributed by atoms with van der Waals surface area (Å²) < 4.78 is 0. The van der Waals surface area contributed by atoms with E-state index in [1.807, 2.05) is 54.6 Å². The van der Waals surface area contributed by atoms with E-state index in [4.69, 9.17) is 0 Å². The summed E-state index contributed by atoms with van der Waals surface area (Å²) in [7, 11) is 0. The SMILES string of the molecule is CCN(CC)c1ccc(NC(=O)/C(=C/c2ccccc2)NC(C)=O)cc1. The fraction of sp³-hybridized carbons (Fsp3) is 0.238. The molecule has 5 heteroatoms. The molecule has 0 aliphatic rings. The van der Waals surface area contributed by atoms with Gasteiger partial charge >= 0.3 is 0 Å². The van der Waals surface area contributed by atoms with Crippen LogP contribution in [0.2, 0.25) is 0 Å². The third kappa shape index (κ3) is 5.48. The van der Waals surface area contributed by atoms with E-state index in [1.165, 1.54) is 6.92 Å². The predicted molar refractivity (Wildman–Crippen MR) is 107 cm³/mol. The zero-order chi connectivity index (χ0) is 18.9. The van der Waals surface area contributed by atoms with Crippen molar-refractivity contribution in [3.63, 3.8) is 0 Å². The minimum Gasteiger partial charge on any atom is -0.372 e. The van der Waals surface area contributed by atoms with Gasteiger partial charge in [-0.05, 0) is 49.8 Å². The quantitative estimate of drug-likeness (QED) is 0.749. The van der Waals surface area contributed by atoms with Crippen molar-refractivity contribution in [2.45, 2.75) is 20.8 Å². The van der Waals surface area contributed by atoms with Gasteiger partial charge in [-0.3, -0.25) is 9.59 Å². The number of hydrogen-bond donors (Lipinski definition) is 2. The normalized spacial score (nSPS) is 11.0. The van der Waals surface area contributed by atoms with Crippen molar-refractivity contribution in [1.29, 1.82) is 0 Å². The average molecular weight is 351 g/mol. The molecule has 0 aromatic heterocycles. The molecule has 0 aliphatic heterocycles. The van der Waals surface area contributed by atoms with Crippen LogP contribution in [0, 0.1) is 0 Å². The van der Waals surface area contributed by atoms with Crippen molar-refractivity contribution in [1.82, 2.24) is 5.32 Å². The van der Waals surface area contributed by atoms with Crippen molar-refractivity contribution in [2.75, 3.05) is 23.3 Å². The Kier molecular flexibility index (Phi) is 6.97. The predicted octanol–water partition coefficient (Wildman–Crippen LogP) is 3.65. The Bertz CT molecular complexity index is 764. The number of nitrogens with one attached hydrogen (secondary N) is 2. The highest BCUT2D eigenvalue weighted by molar-refractivity contribution is 6.08. The van der Waals surface area contributed by atoms with Crippen molar-refractivity contribution in [3.8, 4) is 0 Å². The first-order valence-corrected chi connectivity index (χ1v) is 8.74. The molecule has 136 valence electrons. The molecular formula is C21H25N3O2.